The van der Waals surface area contributed by atoms with Gasteiger partial charge in [-0.15, -0.1) is 0 Å². The van der Waals surface area contributed by atoms with Crippen LogP contribution in [0.3, 0.4) is 0 Å². The van der Waals surface area contributed by atoms with Gasteiger partial charge >= 0.3 is 0 Å². The lowest BCUT2D eigenvalue weighted by molar-refractivity contribution is 0.214. The average molecular weight is 246 g/mol. The minimum Gasteiger partial charge on any atom is -0.497 e. The monoisotopic (exact) mass is 246 g/mol. The van der Waals surface area contributed by atoms with E-state index in [2.05, 4.69) is 38.1 Å². The quantitative estimate of drug-likeness (QED) is 0.748. The molecule has 100 valence electrons. The number of hydrogen-bond donors (Lipinski definition) is 0. The second-order valence-electron chi connectivity index (χ2n) is 6.09. The van der Waals surface area contributed by atoms with E-state index in [1.807, 2.05) is 0 Å². The maximum Gasteiger partial charge on any atom is 0.118 e. The van der Waals surface area contributed by atoms with Crippen LogP contribution in [0.5, 0.6) is 5.75 Å². The van der Waals surface area contributed by atoms with Crippen molar-refractivity contribution in [3.63, 3.8) is 0 Å². The van der Waals surface area contributed by atoms with E-state index < -0.39 is 0 Å². The normalized spacial score (nSPS) is 24.2. The Morgan fingerprint density at radius 2 is 1.89 bits per heavy atom. The largest absolute Gasteiger partial charge is 0.497 e. The van der Waals surface area contributed by atoms with E-state index in [4.69, 9.17) is 4.74 Å². The molecule has 0 N–H and O–H groups in total. The fourth-order valence-corrected chi connectivity index (χ4v) is 3.22. The molecule has 0 heterocycles. The Morgan fingerprint density at radius 3 is 2.50 bits per heavy atom. The molecule has 0 radical (unpaired) electrons. The fourth-order valence-electron chi connectivity index (χ4n) is 3.22. The highest BCUT2D eigenvalue weighted by atomic mass is 16.5. The van der Waals surface area contributed by atoms with Crippen molar-refractivity contribution in [3.05, 3.63) is 29.8 Å². The lowest BCUT2D eigenvalue weighted by Gasteiger charge is -2.31. The van der Waals surface area contributed by atoms with Crippen molar-refractivity contribution in [1.82, 2.24) is 0 Å². The summed E-state index contributed by atoms with van der Waals surface area (Å²) in [6.07, 6.45) is 6.94. The molecule has 0 aliphatic heterocycles. The van der Waals surface area contributed by atoms with E-state index in [0.29, 0.717) is 0 Å². The predicted octanol–water partition coefficient (Wildman–Crippen LogP) is 4.70. The van der Waals surface area contributed by atoms with E-state index >= 15 is 0 Å². The molecule has 2 unspecified atom stereocenters. The highest BCUT2D eigenvalue weighted by Crippen LogP contribution is 2.35. The second kappa shape index (κ2) is 6.26. The molecule has 1 saturated carbocycles. The first-order valence-electron chi connectivity index (χ1n) is 7.32. The summed E-state index contributed by atoms with van der Waals surface area (Å²) < 4.78 is 5.21. The summed E-state index contributed by atoms with van der Waals surface area (Å²) in [6.45, 7) is 4.75. The van der Waals surface area contributed by atoms with Gasteiger partial charge in [0.05, 0.1) is 7.11 Å². The zero-order chi connectivity index (χ0) is 13.0. The summed E-state index contributed by atoms with van der Waals surface area (Å²) in [5, 5.41) is 0. The summed E-state index contributed by atoms with van der Waals surface area (Å²) in [7, 11) is 1.73. The minimum absolute atomic E-state index is 0.851. The third-order valence-corrected chi connectivity index (χ3v) is 4.45. The molecular weight excluding hydrogens is 220 g/mol. The molecular formula is C17H26O. The SMILES string of the molecule is COc1ccc(CC2CCCC(C(C)C)C2)cc1. The Kier molecular flexibility index (Phi) is 4.68. The topological polar surface area (TPSA) is 9.23 Å². The van der Waals surface area contributed by atoms with Crippen LogP contribution in [0.2, 0.25) is 0 Å². The maximum atomic E-state index is 5.21. The number of ether oxygens (including phenoxy) is 1. The molecule has 1 fully saturated rings. The number of hydrogen-bond acceptors (Lipinski definition) is 1. The number of methoxy groups -OCH3 is 1. The molecule has 1 aliphatic rings. The highest BCUT2D eigenvalue weighted by Gasteiger charge is 2.24. The molecule has 1 aromatic rings. The predicted molar refractivity (Wildman–Crippen MR) is 77.0 cm³/mol. The van der Waals surface area contributed by atoms with Crippen LogP contribution in [0.1, 0.15) is 45.1 Å². The van der Waals surface area contributed by atoms with Crippen molar-refractivity contribution >= 4 is 0 Å². The van der Waals surface area contributed by atoms with Crippen LogP contribution in [0.25, 0.3) is 0 Å². The Labute approximate surface area is 112 Å². The lowest BCUT2D eigenvalue weighted by atomic mass is 9.74. The van der Waals surface area contributed by atoms with Crippen LogP contribution >= 0.6 is 0 Å². The number of benzene rings is 1. The summed E-state index contributed by atoms with van der Waals surface area (Å²) in [4.78, 5) is 0. The van der Waals surface area contributed by atoms with E-state index in [1.54, 1.807) is 7.11 Å². The molecule has 1 nitrogen and oxygen atoms in total. The van der Waals surface area contributed by atoms with Gasteiger partial charge < -0.3 is 4.74 Å². The fraction of sp³-hybridized carbons (Fsp3) is 0.647. The second-order valence-corrected chi connectivity index (χ2v) is 6.09. The van der Waals surface area contributed by atoms with Crippen LogP contribution in [0, 0.1) is 17.8 Å². The van der Waals surface area contributed by atoms with Crippen molar-refractivity contribution < 1.29 is 4.74 Å². The summed E-state index contributed by atoms with van der Waals surface area (Å²) in [6, 6.07) is 8.60. The van der Waals surface area contributed by atoms with Gasteiger partial charge in [0.1, 0.15) is 5.75 Å². The van der Waals surface area contributed by atoms with E-state index in [1.165, 1.54) is 37.7 Å². The standard InChI is InChI=1S/C17H26O/c1-13(2)16-6-4-5-15(12-16)11-14-7-9-17(18-3)10-8-14/h7-10,13,15-16H,4-6,11-12H2,1-3H3. The molecule has 0 saturated heterocycles. The lowest BCUT2D eigenvalue weighted by Crippen LogP contribution is -2.21. The first kappa shape index (κ1) is 13.5. The van der Waals surface area contributed by atoms with E-state index in [9.17, 15) is 0 Å². The van der Waals surface area contributed by atoms with Crippen LogP contribution in [0.15, 0.2) is 24.3 Å². The Hall–Kier alpha value is -0.980. The van der Waals surface area contributed by atoms with Gasteiger partial charge in [0.15, 0.2) is 0 Å². The van der Waals surface area contributed by atoms with Gasteiger partial charge in [0, 0.05) is 0 Å². The van der Waals surface area contributed by atoms with Gasteiger partial charge in [-0.3, -0.25) is 0 Å². The van der Waals surface area contributed by atoms with Crippen LogP contribution in [-0.2, 0) is 6.42 Å². The Balaban J connectivity index is 1.91. The van der Waals surface area contributed by atoms with Gasteiger partial charge in [0.2, 0.25) is 0 Å². The van der Waals surface area contributed by atoms with E-state index in [0.717, 1.165) is 23.5 Å². The molecule has 0 bridgehead atoms. The van der Waals surface area contributed by atoms with Crippen molar-refractivity contribution in [2.24, 2.45) is 17.8 Å². The third kappa shape index (κ3) is 3.51. The third-order valence-electron chi connectivity index (χ3n) is 4.45. The van der Waals surface area contributed by atoms with Gasteiger partial charge in [-0.2, -0.15) is 0 Å². The van der Waals surface area contributed by atoms with Gasteiger partial charge in [-0.25, -0.2) is 0 Å². The molecule has 2 rings (SSSR count). The Morgan fingerprint density at radius 1 is 1.17 bits per heavy atom. The van der Waals surface area contributed by atoms with Crippen LogP contribution < -0.4 is 4.74 Å². The number of rotatable bonds is 4. The van der Waals surface area contributed by atoms with Gasteiger partial charge in [-0.1, -0.05) is 45.2 Å². The van der Waals surface area contributed by atoms with Crippen molar-refractivity contribution in [2.75, 3.05) is 7.11 Å². The molecule has 18 heavy (non-hydrogen) atoms. The van der Waals surface area contributed by atoms with Gasteiger partial charge in [0.25, 0.3) is 0 Å². The Bertz CT molecular complexity index is 352. The van der Waals surface area contributed by atoms with E-state index in [-0.39, 0.29) is 0 Å². The first-order chi connectivity index (χ1) is 8.69. The summed E-state index contributed by atoms with van der Waals surface area (Å²) in [5.41, 5.74) is 1.46. The van der Waals surface area contributed by atoms with Gasteiger partial charge in [-0.05, 0) is 48.3 Å². The summed E-state index contributed by atoms with van der Waals surface area (Å²) >= 11 is 0. The van der Waals surface area contributed by atoms with Crippen molar-refractivity contribution in [2.45, 2.75) is 46.0 Å². The molecule has 2 atom stereocenters. The summed E-state index contributed by atoms with van der Waals surface area (Å²) in [5.74, 6) is 3.65. The van der Waals surface area contributed by atoms with Crippen molar-refractivity contribution in [3.8, 4) is 5.75 Å². The highest BCUT2D eigenvalue weighted by molar-refractivity contribution is 5.27. The van der Waals surface area contributed by atoms with Crippen LogP contribution in [0.4, 0.5) is 0 Å². The molecule has 1 heteroatoms. The zero-order valence-electron chi connectivity index (χ0n) is 12.0. The molecule has 1 aromatic carbocycles. The first-order valence-corrected chi connectivity index (χ1v) is 7.32. The average Bonchev–Trinajstić information content (AvgIpc) is 2.40. The van der Waals surface area contributed by atoms with Crippen LogP contribution in [-0.4, -0.2) is 7.11 Å². The minimum atomic E-state index is 0.851. The molecule has 0 aromatic heterocycles. The zero-order valence-corrected chi connectivity index (χ0v) is 12.0. The molecule has 1 aliphatic carbocycles. The van der Waals surface area contributed by atoms with Crippen molar-refractivity contribution in [1.29, 1.82) is 0 Å². The smallest absolute Gasteiger partial charge is 0.118 e. The maximum absolute atomic E-state index is 5.21. The molecule has 0 spiro atoms. The molecule has 0 amide bonds.